The Balaban J connectivity index is 1.64. The first-order chi connectivity index (χ1) is 6.95. The van der Waals surface area contributed by atoms with Crippen molar-refractivity contribution in [3.8, 4) is 0 Å². The topological polar surface area (TPSA) is 21.8 Å². The van der Waals surface area contributed by atoms with Gasteiger partial charge in [0.15, 0.2) is 0 Å². The normalized spacial score (nSPS) is 19.9. The maximum Gasteiger partial charge on any atom is 0.112 e. The van der Waals surface area contributed by atoms with Crippen LogP contribution in [0.25, 0.3) is 0 Å². The minimum atomic E-state index is 0.451. The minimum absolute atomic E-state index is 0.451. The monoisotopic (exact) mass is 190 g/mol. The van der Waals surface area contributed by atoms with Gasteiger partial charge < -0.3 is 9.47 Å². The Labute approximate surface area is 84.2 Å². The standard InChI is InChI=1S/C12H14O2/c1-2-5-11(6-3-1)9-13-8-4-7-12-10-14-12/h1-6,8,12H,7,9-10H2. The molecule has 2 rings (SSSR count). The van der Waals surface area contributed by atoms with Crippen molar-refractivity contribution >= 4 is 0 Å². The van der Waals surface area contributed by atoms with Crippen molar-refractivity contribution in [1.82, 2.24) is 0 Å². The van der Waals surface area contributed by atoms with E-state index in [-0.39, 0.29) is 0 Å². The molecule has 1 aliphatic heterocycles. The summed E-state index contributed by atoms with van der Waals surface area (Å²) in [5, 5.41) is 0. The summed E-state index contributed by atoms with van der Waals surface area (Å²) in [6.07, 6.45) is 5.19. The van der Waals surface area contributed by atoms with Gasteiger partial charge in [0.25, 0.3) is 0 Å². The molecule has 2 nitrogen and oxygen atoms in total. The van der Waals surface area contributed by atoms with Crippen LogP contribution in [0.4, 0.5) is 0 Å². The zero-order chi connectivity index (χ0) is 9.64. The van der Waals surface area contributed by atoms with Crippen LogP contribution in [0.2, 0.25) is 0 Å². The van der Waals surface area contributed by atoms with E-state index < -0.39 is 0 Å². The van der Waals surface area contributed by atoms with Crippen LogP contribution < -0.4 is 0 Å². The fourth-order valence-corrected chi connectivity index (χ4v) is 1.20. The third-order valence-electron chi connectivity index (χ3n) is 2.09. The molecule has 2 heteroatoms. The molecular weight excluding hydrogens is 176 g/mol. The van der Waals surface area contributed by atoms with E-state index in [0.29, 0.717) is 12.7 Å². The molecule has 1 aliphatic rings. The second-order valence-corrected chi connectivity index (χ2v) is 3.36. The highest BCUT2D eigenvalue weighted by Gasteiger charge is 2.19. The number of epoxide rings is 1. The Kier molecular flexibility index (Phi) is 3.19. The van der Waals surface area contributed by atoms with Gasteiger partial charge in [-0.3, -0.25) is 0 Å². The summed E-state index contributed by atoms with van der Waals surface area (Å²) in [5.74, 6) is 0. The summed E-state index contributed by atoms with van der Waals surface area (Å²) in [5.41, 5.74) is 1.19. The molecule has 1 heterocycles. The van der Waals surface area contributed by atoms with E-state index in [1.54, 1.807) is 6.26 Å². The molecule has 0 aliphatic carbocycles. The van der Waals surface area contributed by atoms with Crippen molar-refractivity contribution in [2.75, 3.05) is 6.61 Å². The van der Waals surface area contributed by atoms with Crippen LogP contribution in [-0.2, 0) is 16.1 Å². The Morgan fingerprint density at radius 2 is 2.14 bits per heavy atom. The molecule has 1 aromatic rings. The molecule has 1 saturated heterocycles. The van der Waals surface area contributed by atoms with E-state index >= 15 is 0 Å². The van der Waals surface area contributed by atoms with Crippen molar-refractivity contribution in [2.24, 2.45) is 0 Å². The predicted molar refractivity (Wildman–Crippen MR) is 54.7 cm³/mol. The van der Waals surface area contributed by atoms with E-state index in [1.807, 2.05) is 24.3 Å². The largest absolute Gasteiger partial charge is 0.497 e. The average Bonchev–Trinajstić information content (AvgIpc) is 3.03. The molecule has 14 heavy (non-hydrogen) atoms. The highest BCUT2D eigenvalue weighted by molar-refractivity contribution is 5.13. The van der Waals surface area contributed by atoms with Crippen LogP contribution >= 0.6 is 0 Å². The van der Waals surface area contributed by atoms with E-state index in [0.717, 1.165) is 13.0 Å². The number of hydrogen-bond acceptors (Lipinski definition) is 2. The number of ether oxygens (including phenoxy) is 2. The summed E-state index contributed by atoms with van der Waals surface area (Å²) in [6, 6.07) is 10.1. The summed E-state index contributed by atoms with van der Waals surface area (Å²) < 4.78 is 10.4. The molecule has 0 bridgehead atoms. The number of hydrogen-bond donors (Lipinski definition) is 0. The van der Waals surface area contributed by atoms with Crippen LogP contribution in [0.5, 0.6) is 0 Å². The summed E-state index contributed by atoms with van der Waals surface area (Å²) >= 11 is 0. The summed E-state index contributed by atoms with van der Waals surface area (Å²) in [7, 11) is 0. The van der Waals surface area contributed by atoms with Crippen molar-refractivity contribution in [3.63, 3.8) is 0 Å². The summed E-state index contributed by atoms with van der Waals surface area (Å²) in [6.45, 7) is 1.55. The highest BCUT2D eigenvalue weighted by Crippen LogP contribution is 2.13. The lowest BCUT2D eigenvalue weighted by Gasteiger charge is -1.99. The Morgan fingerprint density at radius 1 is 1.36 bits per heavy atom. The molecule has 0 spiro atoms. The molecular formula is C12H14O2. The molecule has 74 valence electrons. The van der Waals surface area contributed by atoms with Gasteiger partial charge >= 0.3 is 0 Å². The molecule has 0 aromatic heterocycles. The van der Waals surface area contributed by atoms with E-state index in [4.69, 9.17) is 9.47 Å². The van der Waals surface area contributed by atoms with Crippen molar-refractivity contribution < 1.29 is 9.47 Å². The van der Waals surface area contributed by atoms with E-state index in [2.05, 4.69) is 12.1 Å². The number of rotatable bonds is 5. The van der Waals surface area contributed by atoms with Crippen LogP contribution in [-0.4, -0.2) is 12.7 Å². The third-order valence-corrected chi connectivity index (χ3v) is 2.09. The van der Waals surface area contributed by atoms with Gasteiger partial charge in [0.05, 0.1) is 19.0 Å². The van der Waals surface area contributed by atoms with Crippen LogP contribution in [0.15, 0.2) is 42.7 Å². The minimum Gasteiger partial charge on any atom is -0.497 e. The Bertz CT molecular complexity index is 288. The Hall–Kier alpha value is -1.28. The van der Waals surface area contributed by atoms with Gasteiger partial charge in [-0.25, -0.2) is 0 Å². The van der Waals surface area contributed by atoms with Gasteiger partial charge in [-0.15, -0.1) is 0 Å². The van der Waals surface area contributed by atoms with Gasteiger partial charge in [0.1, 0.15) is 6.61 Å². The first kappa shape index (κ1) is 9.28. The zero-order valence-electron chi connectivity index (χ0n) is 8.06. The van der Waals surface area contributed by atoms with Crippen molar-refractivity contribution in [2.45, 2.75) is 19.1 Å². The predicted octanol–water partition coefficient (Wildman–Crippen LogP) is 2.51. The molecule has 0 amide bonds. The van der Waals surface area contributed by atoms with E-state index in [1.165, 1.54) is 5.56 Å². The van der Waals surface area contributed by atoms with E-state index in [9.17, 15) is 0 Å². The first-order valence-corrected chi connectivity index (χ1v) is 4.87. The quantitative estimate of drug-likeness (QED) is 0.525. The van der Waals surface area contributed by atoms with Gasteiger partial charge in [0, 0.05) is 0 Å². The lowest BCUT2D eigenvalue weighted by atomic mass is 10.2. The zero-order valence-corrected chi connectivity index (χ0v) is 8.06. The van der Waals surface area contributed by atoms with Gasteiger partial charge in [0.2, 0.25) is 0 Å². The molecule has 1 unspecified atom stereocenters. The lowest BCUT2D eigenvalue weighted by molar-refractivity contribution is 0.235. The fourth-order valence-electron chi connectivity index (χ4n) is 1.20. The first-order valence-electron chi connectivity index (χ1n) is 4.87. The second-order valence-electron chi connectivity index (χ2n) is 3.36. The van der Waals surface area contributed by atoms with Crippen LogP contribution in [0.3, 0.4) is 0 Å². The maximum atomic E-state index is 5.36. The average molecular weight is 190 g/mol. The molecule has 0 radical (unpaired) electrons. The smallest absolute Gasteiger partial charge is 0.112 e. The molecule has 1 fully saturated rings. The molecule has 0 N–H and O–H groups in total. The van der Waals surface area contributed by atoms with Gasteiger partial charge in [-0.2, -0.15) is 0 Å². The summed E-state index contributed by atoms with van der Waals surface area (Å²) in [4.78, 5) is 0. The Morgan fingerprint density at radius 3 is 2.86 bits per heavy atom. The van der Waals surface area contributed by atoms with Crippen LogP contribution in [0.1, 0.15) is 12.0 Å². The molecule has 1 aromatic carbocycles. The molecule has 0 saturated carbocycles. The maximum absolute atomic E-state index is 5.36. The van der Waals surface area contributed by atoms with Crippen molar-refractivity contribution in [3.05, 3.63) is 48.2 Å². The van der Waals surface area contributed by atoms with Crippen LogP contribution in [0, 0.1) is 0 Å². The fraction of sp³-hybridized carbons (Fsp3) is 0.333. The molecule has 1 atom stereocenters. The SMILES string of the molecule is C(=COCc1ccccc1)CC1CO1. The second kappa shape index (κ2) is 4.82. The van der Waals surface area contributed by atoms with Gasteiger partial charge in [-0.1, -0.05) is 30.3 Å². The number of benzene rings is 1. The lowest BCUT2D eigenvalue weighted by Crippen LogP contribution is -1.85. The third kappa shape index (κ3) is 3.23. The highest BCUT2D eigenvalue weighted by atomic mass is 16.6. The van der Waals surface area contributed by atoms with Crippen molar-refractivity contribution in [1.29, 1.82) is 0 Å². The van der Waals surface area contributed by atoms with Gasteiger partial charge in [-0.05, 0) is 18.1 Å².